The third-order valence-corrected chi connectivity index (χ3v) is 5.32. The van der Waals surface area contributed by atoms with Gasteiger partial charge in [0.15, 0.2) is 0 Å². The molecule has 1 amide bonds. The summed E-state index contributed by atoms with van der Waals surface area (Å²) in [7, 11) is -3.17. The molecule has 0 aromatic heterocycles. The smallest absolute Gasteiger partial charge is 0.253 e. The first-order valence-corrected chi connectivity index (χ1v) is 9.18. The first-order valence-electron chi connectivity index (χ1n) is 7.29. The summed E-state index contributed by atoms with van der Waals surface area (Å²) in [5.74, 6) is -0.445. The number of carbonyl (C=O) groups excluding carboxylic acids is 1. The van der Waals surface area contributed by atoms with Crippen LogP contribution in [0.15, 0.2) is 24.3 Å². The number of sulfonamides is 1. The topological polar surface area (TPSA) is 66.5 Å². The molecular weight excluding hydrogens is 307 g/mol. The molecule has 1 spiro atoms. The second-order valence-corrected chi connectivity index (χ2v) is 8.26. The van der Waals surface area contributed by atoms with Crippen molar-refractivity contribution in [1.29, 1.82) is 0 Å². The highest BCUT2D eigenvalue weighted by Gasteiger charge is 2.50. The van der Waals surface area contributed by atoms with Crippen molar-refractivity contribution >= 4 is 15.9 Å². The average Bonchev–Trinajstić information content (AvgIpc) is 2.82. The van der Waals surface area contributed by atoms with Crippen molar-refractivity contribution in [2.75, 3.05) is 19.3 Å². The van der Waals surface area contributed by atoms with Crippen LogP contribution in [0.2, 0.25) is 0 Å². The lowest BCUT2D eigenvalue weighted by molar-refractivity contribution is 0.0688. The van der Waals surface area contributed by atoms with Gasteiger partial charge in [0.1, 0.15) is 5.82 Å². The van der Waals surface area contributed by atoms with Crippen LogP contribution in [0, 0.1) is 11.2 Å². The van der Waals surface area contributed by atoms with Crippen molar-refractivity contribution in [2.24, 2.45) is 5.41 Å². The molecule has 2 aliphatic rings. The Morgan fingerprint density at radius 1 is 1.32 bits per heavy atom. The number of hydrogen-bond donors (Lipinski definition) is 1. The van der Waals surface area contributed by atoms with E-state index >= 15 is 0 Å². The third kappa shape index (κ3) is 3.15. The normalized spacial score (nSPS) is 27.9. The molecule has 1 aromatic carbocycles. The number of carbonyl (C=O) groups is 1. The molecule has 1 aliphatic carbocycles. The number of nitrogens with one attached hydrogen (secondary N) is 1. The van der Waals surface area contributed by atoms with Crippen LogP contribution in [0.4, 0.5) is 4.39 Å². The summed E-state index contributed by atoms with van der Waals surface area (Å²) in [5.41, 5.74) is 0.529. The van der Waals surface area contributed by atoms with Crippen LogP contribution in [-0.2, 0) is 10.0 Å². The number of halogens is 1. The number of nitrogens with zero attached hydrogens (tertiary/aromatic N) is 1. The summed E-state index contributed by atoms with van der Waals surface area (Å²) in [6.07, 6.45) is 3.60. The first-order chi connectivity index (χ1) is 10.3. The molecule has 120 valence electrons. The second kappa shape index (κ2) is 5.31. The van der Waals surface area contributed by atoms with Crippen LogP contribution < -0.4 is 4.72 Å². The summed E-state index contributed by atoms with van der Waals surface area (Å²) in [6.45, 7) is 1.31. The average molecular weight is 326 g/mol. The number of likely N-dealkylation sites (tertiary alicyclic amines) is 1. The lowest BCUT2D eigenvalue weighted by Crippen LogP contribution is -2.51. The Balaban J connectivity index is 1.59. The molecule has 1 aliphatic heterocycles. The van der Waals surface area contributed by atoms with E-state index in [2.05, 4.69) is 4.72 Å². The molecule has 1 saturated carbocycles. The highest BCUT2D eigenvalue weighted by molar-refractivity contribution is 7.88. The van der Waals surface area contributed by atoms with E-state index in [1.54, 1.807) is 4.90 Å². The molecule has 1 saturated heterocycles. The minimum absolute atomic E-state index is 0.0177. The summed E-state index contributed by atoms with van der Waals surface area (Å²) in [5, 5.41) is 0. The third-order valence-electron chi connectivity index (χ3n) is 4.56. The summed E-state index contributed by atoms with van der Waals surface area (Å²) in [4.78, 5) is 14.2. The van der Waals surface area contributed by atoms with Gasteiger partial charge in [-0.25, -0.2) is 17.5 Å². The van der Waals surface area contributed by atoms with E-state index < -0.39 is 10.0 Å². The molecule has 0 radical (unpaired) electrons. The standard InChI is InChI=1S/C15H19FN2O3S/c1-22(20,21)17-13-8-15(9-13)6-7-18(10-15)14(19)11-2-4-12(16)5-3-11/h2-5,13,17H,6-10H2,1H3. The van der Waals surface area contributed by atoms with E-state index in [1.165, 1.54) is 24.3 Å². The van der Waals surface area contributed by atoms with Gasteiger partial charge < -0.3 is 4.90 Å². The quantitative estimate of drug-likeness (QED) is 0.912. The molecule has 1 heterocycles. The van der Waals surface area contributed by atoms with E-state index in [1.807, 2.05) is 0 Å². The highest BCUT2D eigenvalue weighted by atomic mass is 32.2. The fraction of sp³-hybridized carbons (Fsp3) is 0.533. The van der Waals surface area contributed by atoms with Gasteiger partial charge in [-0.2, -0.15) is 0 Å². The fourth-order valence-corrected chi connectivity index (χ4v) is 4.36. The summed E-state index contributed by atoms with van der Waals surface area (Å²) >= 11 is 0. The Morgan fingerprint density at radius 3 is 2.55 bits per heavy atom. The molecule has 5 nitrogen and oxygen atoms in total. The van der Waals surface area contributed by atoms with Crippen molar-refractivity contribution in [3.05, 3.63) is 35.6 Å². The van der Waals surface area contributed by atoms with Crippen molar-refractivity contribution in [3.63, 3.8) is 0 Å². The predicted octanol–water partition coefficient (Wildman–Crippen LogP) is 1.37. The lowest BCUT2D eigenvalue weighted by atomic mass is 9.65. The zero-order chi connectivity index (χ0) is 16.0. The molecule has 2 fully saturated rings. The van der Waals surface area contributed by atoms with Gasteiger partial charge in [-0.3, -0.25) is 4.79 Å². The van der Waals surface area contributed by atoms with Gasteiger partial charge in [0.2, 0.25) is 10.0 Å². The Kier molecular flexibility index (Phi) is 3.72. The molecule has 3 rings (SSSR count). The van der Waals surface area contributed by atoms with Gasteiger partial charge in [-0.15, -0.1) is 0 Å². The van der Waals surface area contributed by atoms with Crippen molar-refractivity contribution in [3.8, 4) is 0 Å². The van der Waals surface area contributed by atoms with Crippen LogP contribution in [0.3, 0.4) is 0 Å². The largest absolute Gasteiger partial charge is 0.338 e. The van der Waals surface area contributed by atoms with Crippen LogP contribution in [0.1, 0.15) is 29.6 Å². The molecule has 0 bridgehead atoms. The Morgan fingerprint density at radius 2 is 1.95 bits per heavy atom. The van der Waals surface area contributed by atoms with Gasteiger partial charge in [0.25, 0.3) is 5.91 Å². The minimum atomic E-state index is -3.17. The molecule has 1 N–H and O–H groups in total. The number of benzene rings is 1. The summed E-state index contributed by atoms with van der Waals surface area (Å²) in [6, 6.07) is 5.55. The summed E-state index contributed by atoms with van der Waals surface area (Å²) < 4.78 is 38.0. The molecule has 7 heteroatoms. The van der Waals surface area contributed by atoms with E-state index in [4.69, 9.17) is 0 Å². The van der Waals surface area contributed by atoms with E-state index in [9.17, 15) is 17.6 Å². The first kappa shape index (κ1) is 15.4. The van der Waals surface area contributed by atoms with Crippen LogP contribution in [-0.4, -0.2) is 44.6 Å². The van der Waals surface area contributed by atoms with Gasteiger partial charge in [0, 0.05) is 24.7 Å². The SMILES string of the molecule is CS(=O)(=O)NC1CC2(CCN(C(=O)c3ccc(F)cc3)C2)C1. The monoisotopic (exact) mass is 326 g/mol. The van der Waals surface area contributed by atoms with Gasteiger partial charge in [-0.05, 0) is 48.9 Å². The number of hydrogen-bond acceptors (Lipinski definition) is 3. The zero-order valence-electron chi connectivity index (χ0n) is 12.4. The van der Waals surface area contributed by atoms with Crippen LogP contribution in [0.5, 0.6) is 0 Å². The second-order valence-electron chi connectivity index (χ2n) is 6.48. The fourth-order valence-electron chi connectivity index (χ4n) is 3.59. The predicted molar refractivity (Wildman–Crippen MR) is 80.4 cm³/mol. The Labute approximate surface area is 129 Å². The maximum atomic E-state index is 12.9. The molecule has 22 heavy (non-hydrogen) atoms. The van der Waals surface area contributed by atoms with E-state index in [-0.39, 0.29) is 23.2 Å². The molecule has 1 aromatic rings. The Hall–Kier alpha value is -1.47. The highest BCUT2D eigenvalue weighted by Crippen LogP contribution is 2.48. The maximum Gasteiger partial charge on any atom is 0.253 e. The van der Waals surface area contributed by atoms with E-state index in [0.29, 0.717) is 18.7 Å². The zero-order valence-corrected chi connectivity index (χ0v) is 13.2. The van der Waals surface area contributed by atoms with Crippen molar-refractivity contribution < 1.29 is 17.6 Å². The van der Waals surface area contributed by atoms with Crippen molar-refractivity contribution in [2.45, 2.75) is 25.3 Å². The Bertz CT molecular complexity index is 681. The van der Waals surface area contributed by atoms with Gasteiger partial charge >= 0.3 is 0 Å². The maximum absolute atomic E-state index is 12.9. The van der Waals surface area contributed by atoms with Crippen LogP contribution in [0.25, 0.3) is 0 Å². The molecule has 0 unspecified atom stereocenters. The molecule has 0 atom stereocenters. The number of rotatable bonds is 3. The van der Waals surface area contributed by atoms with Crippen LogP contribution >= 0.6 is 0 Å². The van der Waals surface area contributed by atoms with Crippen molar-refractivity contribution in [1.82, 2.24) is 9.62 Å². The minimum Gasteiger partial charge on any atom is -0.338 e. The number of amides is 1. The molecular formula is C15H19FN2O3S. The lowest BCUT2D eigenvalue weighted by Gasteiger charge is -2.45. The van der Waals surface area contributed by atoms with E-state index in [0.717, 1.165) is 25.5 Å². The van der Waals surface area contributed by atoms with Gasteiger partial charge in [0.05, 0.1) is 6.26 Å². The van der Waals surface area contributed by atoms with Gasteiger partial charge in [-0.1, -0.05) is 0 Å².